The molecule has 0 amide bonds. The number of aliphatic hydroxyl groups excluding tert-OH is 1. The van der Waals surface area contributed by atoms with Gasteiger partial charge < -0.3 is 10.4 Å². The predicted molar refractivity (Wildman–Crippen MR) is 71.1 cm³/mol. The van der Waals surface area contributed by atoms with E-state index in [1.54, 1.807) is 0 Å². The molecule has 1 aliphatic rings. The van der Waals surface area contributed by atoms with Crippen molar-refractivity contribution >= 4 is 21.6 Å². The molecule has 0 bridgehead atoms. The van der Waals surface area contributed by atoms with Crippen molar-refractivity contribution in [3.05, 3.63) is 28.2 Å². The van der Waals surface area contributed by atoms with Gasteiger partial charge >= 0.3 is 6.18 Å². The number of aliphatic hydroxyl groups is 1. The van der Waals surface area contributed by atoms with Crippen LogP contribution in [0.1, 0.15) is 31.2 Å². The topological polar surface area (TPSA) is 32.3 Å². The van der Waals surface area contributed by atoms with Crippen LogP contribution in [0.2, 0.25) is 0 Å². The van der Waals surface area contributed by atoms with Gasteiger partial charge in [0.15, 0.2) is 0 Å². The summed E-state index contributed by atoms with van der Waals surface area (Å²) in [5.41, 5.74) is -1.30. The van der Waals surface area contributed by atoms with E-state index in [9.17, 15) is 18.3 Å². The molecule has 1 aromatic rings. The molecule has 0 saturated heterocycles. The number of benzene rings is 1. The molecule has 0 aliphatic heterocycles. The van der Waals surface area contributed by atoms with Crippen molar-refractivity contribution < 1.29 is 18.3 Å². The lowest BCUT2D eigenvalue weighted by molar-refractivity contribution is -0.137. The maximum absolute atomic E-state index is 13.0. The zero-order valence-electron chi connectivity index (χ0n) is 10.2. The van der Waals surface area contributed by atoms with Crippen molar-refractivity contribution in [3.63, 3.8) is 0 Å². The lowest BCUT2D eigenvalue weighted by Gasteiger charge is -2.30. The normalized spacial score (nSPS) is 18.6. The molecule has 2 N–H and O–H groups in total. The molecule has 0 aromatic heterocycles. The minimum absolute atomic E-state index is 0.0258. The van der Waals surface area contributed by atoms with E-state index in [0.29, 0.717) is 17.3 Å². The third-order valence-corrected chi connectivity index (χ3v) is 4.04. The van der Waals surface area contributed by atoms with Crippen LogP contribution in [0.5, 0.6) is 0 Å². The molecule has 1 aliphatic carbocycles. The van der Waals surface area contributed by atoms with Gasteiger partial charge in [-0.3, -0.25) is 0 Å². The highest BCUT2D eigenvalue weighted by Crippen LogP contribution is 2.40. The van der Waals surface area contributed by atoms with Crippen molar-refractivity contribution in [3.8, 4) is 0 Å². The van der Waals surface area contributed by atoms with Gasteiger partial charge in [-0.1, -0.05) is 28.8 Å². The summed E-state index contributed by atoms with van der Waals surface area (Å²) in [6.07, 6.45) is -1.19. The van der Waals surface area contributed by atoms with Gasteiger partial charge in [0.1, 0.15) is 0 Å². The highest BCUT2D eigenvalue weighted by atomic mass is 79.9. The highest BCUT2D eigenvalue weighted by molar-refractivity contribution is 9.10. The van der Waals surface area contributed by atoms with Crippen LogP contribution in [0.3, 0.4) is 0 Å². The average molecular weight is 338 g/mol. The van der Waals surface area contributed by atoms with Crippen LogP contribution in [-0.4, -0.2) is 17.3 Å². The van der Waals surface area contributed by atoms with Gasteiger partial charge in [-0.25, -0.2) is 0 Å². The second-order valence-electron chi connectivity index (χ2n) is 4.96. The molecule has 1 fully saturated rings. The summed E-state index contributed by atoms with van der Waals surface area (Å²) in [4.78, 5) is 0. The van der Waals surface area contributed by atoms with E-state index in [-0.39, 0.29) is 12.3 Å². The minimum atomic E-state index is -4.40. The number of alkyl halides is 3. The van der Waals surface area contributed by atoms with E-state index < -0.39 is 17.3 Å². The molecular formula is C13H15BrF3NO. The zero-order chi connectivity index (χ0) is 14.1. The first kappa shape index (κ1) is 14.7. The average Bonchev–Trinajstić information content (AvgIpc) is 2.76. The molecule has 6 heteroatoms. The highest BCUT2D eigenvalue weighted by Gasteiger charge is 2.38. The zero-order valence-corrected chi connectivity index (χ0v) is 11.8. The second-order valence-corrected chi connectivity index (χ2v) is 5.87. The predicted octanol–water partition coefficient (Wildman–Crippen LogP) is 4.18. The van der Waals surface area contributed by atoms with E-state index in [2.05, 4.69) is 21.2 Å². The van der Waals surface area contributed by atoms with Crippen molar-refractivity contribution in [2.75, 3.05) is 11.9 Å². The molecule has 1 aromatic carbocycles. The van der Waals surface area contributed by atoms with Gasteiger partial charge in [0, 0.05) is 10.2 Å². The Kier molecular flexibility index (Phi) is 4.11. The molecule has 0 spiro atoms. The van der Waals surface area contributed by atoms with E-state index in [4.69, 9.17) is 0 Å². The maximum Gasteiger partial charge on any atom is 0.418 e. The monoisotopic (exact) mass is 337 g/mol. The summed E-state index contributed by atoms with van der Waals surface area (Å²) in [5, 5.41) is 12.4. The van der Waals surface area contributed by atoms with Crippen LogP contribution in [0.25, 0.3) is 0 Å². The fourth-order valence-corrected chi connectivity index (χ4v) is 2.89. The van der Waals surface area contributed by atoms with Crippen LogP contribution in [0, 0.1) is 0 Å². The molecule has 106 valence electrons. The third kappa shape index (κ3) is 3.23. The van der Waals surface area contributed by atoms with E-state index >= 15 is 0 Å². The largest absolute Gasteiger partial charge is 0.418 e. The van der Waals surface area contributed by atoms with Crippen LogP contribution in [-0.2, 0) is 6.18 Å². The number of nitrogens with one attached hydrogen (secondary N) is 1. The number of rotatable bonds is 3. The Bertz CT molecular complexity index is 456. The molecule has 0 radical (unpaired) electrons. The van der Waals surface area contributed by atoms with Crippen LogP contribution >= 0.6 is 15.9 Å². The molecule has 0 unspecified atom stereocenters. The first-order valence-corrected chi connectivity index (χ1v) is 6.91. The van der Waals surface area contributed by atoms with Crippen molar-refractivity contribution in [2.24, 2.45) is 0 Å². The van der Waals surface area contributed by atoms with Crippen LogP contribution < -0.4 is 5.32 Å². The summed E-state index contributed by atoms with van der Waals surface area (Å²) in [5.74, 6) is 0. The molecule has 0 heterocycles. The van der Waals surface area contributed by atoms with Gasteiger partial charge in [-0.05, 0) is 31.0 Å². The standard InChI is InChI=1S/C13H15BrF3NO/c14-9-3-4-10(13(15,16)17)11(7-9)18-12(8-19)5-1-2-6-12/h3-4,7,18-19H,1-2,5-6,8H2. The smallest absolute Gasteiger partial charge is 0.394 e. The summed E-state index contributed by atoms with van der Waals surface area (Å²) >= 11 is 3.18. The van der Waals surface area contributed by atoms with Gasteiger partial charge in [-0.15, -0.1) is 0 Å². The summed E-state index contributed by atoms with van der Waals surface area (Å²) in [7, 11) is 0. The Morgan fingerprint density at radius 3 is 2.42 bits per heavy atom. The minimum Gasteiger partial charge on any atom is -0.394 e. The number of halogens is 4. The summed E-state index contributed by atoms with van der Waals surface area (Å²) in [6.45, 7) is -0.156. The first-order valence-electron chi connectivity index (χ1n) is 6.12. The molecule has 0 atom stereocenters. The van der Waals surface area contributed by atoms with E-state index in [1.807, 2.05) is 0 Å². The maximum atomic E-state index is 13.0. The Hall–Kier alpha value is -0.750. The lowest BCUT2D eigenvalue weighted by Crippen LogP contribution is -2.39. The lowest BCUT2D eigenvalue weighted by atomic mass is 9.97. The van der Waals surface area contributed by atoms with E-state index in [1.165, 1.54) is 12.1 Å². The number of hydrogen-bond donors (Lipinski definition) is 2. The quantitative estimate of drug-likeness (QED) is 0.866. The molecular weight excluding hydrogens is 323 g/mol. The van der Waals surface area contributed by atoms with Gasteiger partial charge in [-0.2, -0.15) is 13.2 Å². The second kappa shape index (κ2) is 5.32. The molecule has 1 saturated carbocycles. The third-order valence-electron chi connectivity index (χ3n) is 3.55. The Morgan fingerprint density at radius 1 is 1.26 bits per heavy atom. The SMILES string of the molecule is OCC1(Nc2cc(Br)ccc2C(F)(F)F)CCCC1. The fourth-order valence-electron chi connectivity index (χ4n) is 2.53. The van der Waals surface area contributed by atoms with E-state index in [0.717, 1.165) is 18.9 Å². The van der Waals surface area contributed by atoms with Crippen molar-refractivity contribution in [1.29, 1.82) is 0 Å². The first-order chi connectivity index (χ1) is 8.86. The summed E-state index contributed by atoms with van der Waals surface area (Å²) < 4.78 is 39.5. The Labute approximate surface area is 118 Å². The fraction of sp³-hybridized carbons (Fsp3) is 0.538. The van der Waals surface area contributed by atoms with Gasteiger partial charge in [0.25, 0.3) is 0 Å². The number of anilines is 1. The van der Waals surface area contributed by atoms with Crippen molar-refractivity contribution in [2.45, 2.75) is 37.4 Å². The van der Waals surface area contributed by atoms with Crippen molar-refractivity contribution in [1.82, 2.24) is 0 Å². The van der Waals surface area contributed by atoms with Gasteiger partial charge in [0.2, 0.25) is 0 Å². The Morgan fingerprint density at radius 2 is 1.89 bits per heavy atom. The molecule has 19 heavy (non-hydrogen) atoms. The van der Waals surface area contributed by atoms with Crippen LogP contribution in [0.4, 0.5) is 18.9 Å². The van der Waals surface area contributed by atoms with Crippen LogP contribution in [0.15, 0.2) is 22.7 Å². The molecule has 2 nitrogen and oxygen atoms in total. The molecule has 2 rings (SSSR count). The number of hydrogen-bond acceptors (Lipinski definition) is 2. The van der Waals surface area contributed by atoms with Gasteiger partial charge in [0.05, 0.1) is 17.7 Å². The Balaban J connectivity index is 2.35. The summed E-state index contributed by atoms with van der Waals surface area (Å²) in [6, 6.07) is 3.83.